The predicted octanol–water partition coefficient (Wildman–Crippen LogP) is 4.48. The summed E-state index contributed by atoms with van der Waals surface area (Å²) in [7, 11) is -3.76. The first-order chi connectivity index (χ1) is 16.1. The lowest BCUT2D eigenvalue weighted by Crippen LogP contribution is -2.52. The van der Waals surface area contributed by atoms with Crippen LogP contribution in [-0.4, -0.2) is 50.5 Å². The molecule has 0 aliphatic rings. The van der Waals surface area contributed by atoms with Crippen molar-refractivity contribution in [2.75, 3.05) is 23.7 Å². The zero-order valence-electron chi connectivity index (χ0n) is 19.6. The van der Waals surface area contributed by atoms with Crippen molar-refractivity contribution in [1.82, 2.24) is 10.2 Å². The van der Waals surface area contributed by atoms with E-state index in [1.807, 2.05) is 6.92 Å². The van der Waals surface area contributed by atoms with Crippen molar-refractivity contribution in [3.63, 3.8) is 0 Å². The third kappa shape index (κ3) is 7.89. The quantitative estimate of drug-likeness (QED) is 0.412. The van der Waals surface area contributed by atoms with Gasteiger partial charge in [0.1, 0.15) is 12.6 Å². The molecule has 0 spiro atoms. The number of amides is 2. The highest BCUT2D eigenvalue weighted by molar-refractivity contribution is 7.92. The first kappa shape index (κ1) is 28.0. The number of nitrogens with zero attached hydrogens (tertiary/aromatic N) is 2. The molecule has 0 radical (unpaired) electrons. The largest absolute Gasteiger partial charge is 0.354 e. The number of halogens is 2. The van der Waals surface area contributed by atoms with Crippen LogP contribution < -0.4 is 9.62 Å². The Bertz CT molecular complexity index is 1080. The number of hydrogen-bond donors (Lipinski definition) is 1. The van der Waals surface area contributed by atoms with Crippen LogP contribution in [0.2, 0.25) is 10.0 Å². The van der Waals surface area contributed by atoms with Crippen LogP contribution in [0.5, 0.6) is 0 Å². The molecule has 7 nitrogen and oxygen atoms in total. The molecule has 0 unspecified atom stereocenters. The molecule has 2 rings (SSSR count). The first-order valence-electron chi connectivity index (χ1n) is 11.1. The van der Waals surface area contributed by atoms with Crippen LogP contribution in [0.15, 0.2) is 48.5 Å². The van der Waals surface area contributed by atoms with Crippen LogP contribution in [0.1, 0.15) is 38.7 Å². The molecule has 1 N–H and O–H groups in total. The lowest BCUT2D eigenvalue weighted by molar-refractivity contribution is -0.140. The normalized spacial score (nSPS) is 12.1. The number of nitrogens with one attached hydrogen (secondary N) is 1. The van der Waals surface area contributed by atoms with E-state index in [9.17, 15) is 18.0 Å². The highest BCUT2D eigenvalue weighted by atomic mass is 35.5. The molecule has 0 aliphatic carbocycles. The summed E-state index contributed by atoms with van der Waals surface area (Å²) in [5.41, 5.74) is 0.966. The minimum atomic E-state index is -3.76. The fourth-order valence-corrected chi connectivity index (χ4v) is 4.78. The third-order valence-electron chi connectivity index (χ3n) is 5.29. The summed E-state index contributed by atoms with van der Waals surface area (Å²) >= 11 is 12.4. The second-order valence-electron chi connectivity index (χ2n) is 7.93. The first-order valence-corrected chi connectivity index (χ1v) is 13.7. The van der Waals surface area contributed by atoms with Crippen LogP contribution in [0.3, 0.4) is 0 Å². The maximum Gasteiger partial charge on any atom is 0.244 e. The summed E-state index contributed by atoms with van der Waals surface area (Å²) in [6.07, 6.45) is 3.12. The lowest BCUT2D eigenvalue weighted by atomic mass is 10.1. The van der Waals surface area contributed by atoms with Crippen molar-refractivity contribution in [2.45, 2.75) is 45.7 Å². The van der Waals surface area contributed by atoms with Gasteiger partial charge in [0.15, 0.2) is 0 Å². The molecule has 0 saturated heterocycles. The number of anilines is 1. The molecule has 0 heterocycles. The van der Waals surface area contributed by atoms with Gasteiger partial charge in [-0.2, -0.15) is 0 Å². The Morgan fingerprint density at radius 3 is 2.29 bits per heavy atom. The van der Waals surface area contributed by atoms with Gasteiger partial charge in [-0.25, -0.2) is 8.42 Å². The highest BCUT2D eigenvalue weighted by Gasteiger charge is 2.32. The Morgan fingerprint density at radius 1 is 1.06 bits per heavy atom. The van der Waals surface area contributed by atoms with E-state index in [1.54, 1.807) is 55.5 Å². The van der Waals surface area contributed by atoms with Gasteiger partial charge in [0.2, 0.25) is 21.8 Å². The van der Waals surface area contributed by atoms with E-state index in [0.29, 0.717) is 34.3 Å². The molecule has 0 aliphatic heterocycles. The van der Waals surface area contributed by atoms with E-state index in [0.717, 1.165) is 23.4 Å². The van der Waals surface area contributed by atoms with E-state index in [1.165, 1.54) is 4.90 Å². The average molecular weight is 529 g/mol. The Hall–Kier alpha value is -2.29. The Balaban J connectivity index is 2.41. The highest BCUT2D eigenvalue weighted by Crippen LogP contribution is 2.24. The van der Waals surface area contributed by atoms with Crippen LogP contribution in [0.25, 0.3) is 0 Å². The maximum atomic E-state index is 13.6. The average Bonchev–Trinajstić information content (AvgIpc) is 2.78. The number of para-hydroxylation sites is 1. The van der Waals surface area contributed by atoms with Gasteiger partial charge in [-0.15, -0.1) is 0 Å². The predicted molar refractivity (Wildman–Crippen MR) is 138 cm³/mol. The van der Waals surface area contributed by atoms with Gasteiger partial charge in [0.05, 0.1) is 11.9 Å². The molecule has 2 amide bonds. The van der Waals surface area contributed by atoms with Crippen molar-refractivity contribution >= 4 is 50.7 Å². The standard InChI is InChI=1S/C24H31Cl2N3O4S/c1-4-6-14-27-24(31)22(5-2)28(16-18-12-13-19(25)15-21(18)26)23(30)17-29(34(3,32)33)20-10-8-7-9-11-20/h7-13,15,22H,4-6,14,16-17H2,1-3H3,(H,27,31)/t22-/m1/s1. The van der Waals surface area contributed by atoms with Gasteiger partial charge in [0, 0.05) is 23.1 Å². The molecule has 10 heteroatoms. The van der Waals surface area contributed by atoms with E-state index in [4.69, 9.17) is 23.2 Å². The second-order valence-corrected chi connectivity index (χ2v) is 10.7. The Kier molecular flexibility index (Phi) is 10.7. The fraction of sp³-hybridized carbons (Fsp3) is 0.417. The molecule has 1 atom stereocenters. The van der Waals surface area contributed by atoms with Crippen LogP contribution in [0.4, 0.5) is 5.69 Å². The zero-order valence-corrected chi connectivity index (χ0v) is 22.0. The zero-order chi connectivity index (χ0) is 25.3. The number of benzene rings is 2. The monoisotopic (exact) mass is 527 g/mol. The lowest BCUT2D eigenvalue weighted by Gasteiger charge is -2.33. The summed E-state index contributed by atoms with van der Waals surface area (Å²) < 4.78 is 26.1. The molecule has 0 bridgehead atoms. The van der Waals surface area contributed by atoms with E-state index >= 15 is 0 Å². The minimum Gasteiger partial charge on any atom is -0.354 e. The number of rotatable bonds is 12. The molecule has 2 aromatic rings. The van der Waals surface area contributed by atoms with Crippen molar-refractivity contribution in [1.29, 1.82) is 0 Å². The number of hydrogen-bond acceptors (Lipinski definition) is 4. The molecule has 0 aromatic heterocycles. The van der Waals surface area contributed by atoms with Crippen molar-refractivity contribution in [3.05, 3.63) is 64.1 Å². The van der Waals surface area contributed by atoms with Gasteiger partial charge in [0.25, 0.3) is 0 Å². The molecule has 34 heavy (non-hydrogen) atoms. The van der Waals surface area contributed by atoms with Gasteiger partial charge >= 0.3 is 0 Å². The fourth-order valence-electron chi connectivity index (χ4n) is 3.47. The number of unbranched alkanes of at least 4 members (excludes halogenated alkanes) is 1. The SMILES string of the molecule is CCCCNC(=O)[C@@H](CC)N(Cc1ccc(Cl)cc1Cl)C(=O)CN(c1ccccc1)S(C)(=O)=O. The summed E-state index contributed by atoms with van der Waals surface area (Å²) in [5, 5.41) is 3.68. The summed E-state index contributed by atoms with van der Waals surface area (Å²) in [6.45, 7) is 3.90. The third-order valence-corrected chi connectivity index (χ3v) is 7.02. The van der Waals surface area contributed by atoms with Crippen LogP contribution in [0, 0.1) is 0 Å². The molecule has 186 valence electrons. The topological polar surface area (TPSA) is 86.8 Å². The van der Waals surface area contributed by atoms with Crippen LogP contribution in [-0.2, 0) is 26.2 Å². The molecule has 2 aromatic carbocycles. The number of sulfonamides is 1. The van der Waals surface area contributed by atoms with Gasteiger partial charge in [-0.1, -0.05) is 67.7 Å². The van der Waals surface area contributed by atoms with Gasteiger partial charge in [-0.3, -0.25) is 13.9 Å². The smallest absolute Gasteiger partial charge is 0.244 e. The maximum absolute atomic E-state index is 13.6. The van der Waals surface area contributed by atoms with Crippen molar-refractivity contribution < 1.29 is 18.0 Å². The molecule has 0 saturated carbocycles. The Labute approximate surface area is 212 Å². The molecular formula is C24H31Cl2N3O4S. The van der Waals surface area contributed by atoms with Crippen molar-refractivity contribution in [3.8, 4) is 0 Å². The van der Waals surface area contributed by atoms with Crippen molar-refractivity contribution in [2.24, 2.45) is 0 Å². The van der Waals surface area contributed by atoms with E-state index in [2.05, 4.69) is 5.32 Å². The molecular weight excluding hydrogens is 497 g/mol. The van der Waals surface area contributed by atoms with Crippen LogP contribution >= 0.6 is 23.2 Å². The summed E-state index contributed by atoms with van der Waals surface area (Å²) in [4.78, 5) is 27.9. The number of carbonyl (C=O) groups is 2. The van der Waals surface area contributed by atoms with E-state index < -0.39 is 28.5 Å². The second kappa shape index (κ2) is 13.0. The summed E-state index contributed by atoms with van der Waals surface area (Å²) in [5.74, 6) is -0.808. The Morgan fingerprint density at radius 2 is 1.74 bits per heavy atom. The summed E-state index contributed by atoms with van der Waals surface area (Å²) in [6, 6.07) is 12.5. The number of carbonyl (C=O) groups excluding carboxylic acids is 2. The van der Waals surface area contributed by atoms with Gasteiger partial charge in [-0.05, 0) is 42.7 Å². The molecule has 0 fully saturated rings. The van der Waals surface area contributed by atoms with Gasteiger partial charge < -0.3 is 10.2 Å². The minimum absolute atomic E-state index is 0.0287. The van der Waals surface area contributed by atoms with E-state index in [-0.39, 0.29) is 12.5 Å².